The van der Waals surface area contributed by atoms with Crippen molar-refractivity contribution in [2.45, 2.75) is 52.2 Å². The molecule has 9 nitrogen and oxygen atoms in total. The van der Waals surface area contributed by atoms with Crippen molar-refractivity contribution < 1.29 is 9.53 Å². The van der Waals surface area contributed by atoms with E-state index in [1.807, 2.05) is 27.2 Å². The molecule has 2 aromatic heterocycles. The minimum atomic E-state index is -0.0804. The van der Waals surface area contributed by atoms with Crippen molar-refractivity contribution in [3.8, 4) is 0 Å². The summed E-state index contributed by atoms with van der Waals surface area (Å²) in [7, 11) is 5.34. The van der Waals surface area contributed by atoms with Gasteiger partial charge in [-0.3, -0.25) is 14.0 Å². The van der Waals surface area contributed by atoms with Gasteiger partial charge in [-0.05, 0) is 25.7 Å². The molecule has 0 fully saturated rings. The molecule has 9 heteroatoms. The summed E-state index contributed by atoms with van der Waals surface area (Å²) in [6.45, 7) is 4.08. The lowest BCUT2D eigenvalue weighted by Gasteiger charge is -2.20. The fraction of sp³-hybridized carbons (Fsp3) is 0.684. The summed E-state index contributed by atoms with van der Waals surface area (Å²) in [5, 5.41) is 8.78. The van der Waals surface area contributed by atoms with E-state index in [0.717, 1.165) is 36.3 Å². The molecule has 0 saturated carbocycles. The maximum Gasteiger partial charge on any atom is 0.345 e. The fourth-order valence-corrected chi connectivity index (χ4v) is 3.76. The third-order valence-electron chi connectivity index (χ3n) is 5.46. The summed E-state index contributed by atoms with van der Waals surface area (Å²) >= 11 is 0. The van der Waals surface area contributed by atoms with Crippen LogP contribution in [0.4, 0.5) is 0 Å². The van der Waals surface area contributed by atoms with Gasteiger partial charge in [0.15, 0.2) is 0 Å². The van der Waals surface area contributed by atoms with E-state index in [2.05, 4.69) is 10.2 Å². The Morgan fingerprint density at radius 3 is 2.82 bits per heavy atom. The van der Waals surface area contributed by atoms with Crippen molar-refractivity contribution >= 4 is 5.91 Å². The number of hydrogen-bond acceptors (Lipinski definition) is 5. The topological polar surface area (TPSA) is 87.2 Å². The van der Waals surface area contributed by atoms with Crippen LogP contribution in [0.5, 0.6) is 0 Å². The number of ether oxygens (including phenoxy) is 1. The predicted octanol–water partition coefficient (Wildman–Crippen LogP) is 0.734. The molecule has 0 aliphatic carbocycles. The number of methoxy groups -OCH3 is 1. The van der Waals surface area contributed by atoms with Crippen LogP contribution in [0.3, 0.4) is 0 Å². The van der Waals surface area contributed by atoms with Gasteiger partial charge in [0.1, 0.15) is 5.82 Å². The molecule has 0 N–H and O–H groups in total. The Balaban J connectivity index is 1.56. The summed E-state index contributed by atoms with van der Waals surface area (Å²) in [6.07, 6.45) is 4.86. The van der Waals surface area contributed by atoms with Gasteiger partial charge in [-0.2, -0.15) is 10.2 Å². The Bertz CT molecular complexity index is 881. The highest BCUT2D eigenvalue weighted by atomic mass is 16.5. The number of aromatic nitrogens is 5. The molecule has 0 spiro atoms. The minimum absolute atomic E-state index is 0.0804. The molecule has 1 unspecified atom stereocenters. The molecule has 0 aromatic carbocycles. The van der Waals surface area contributed by atoms with E-state index in [1.165, 1.54) is 4.68 Å². The summed E-state index contributed by atoms with van der Waals surface area (Å²) in [5.41, 5.74) is 1.94. The molecule has 28 heavy (non-hydrogen) atoms. The van der Waals surface area contributed by atoms with Crippen molar-refractivity contribution in [1.82, 2.24) is 29.0 Å². The highest BCUT2D eigenvalue weighted by Gasteiger charge is 2.24. The van der Waals surface area contributed by atoms with Crippen LogP contribution in [0.1, 0.15) is 36.3 Å². The molecule has 1 atom stereocenters. The number of aryl methyl sites for hydroxylation is 3. The third kappa shape index (κ3) is 4.52. The first kappa shape index (κ1) is 20.3. The molecule has 2 aromatic rings. The molecule has 0 radical (unpaired) electrons. The second-order valence-electron chi connectivity index (χ2n) is 7.63. The molecule has 0 saturated heterocycles. The van der Waals surface area contributed by atoms with Crippen LogP contribution in [0.2, 0.25) is 0 Å². The normalized spacial score (nSPS) is 16.6. The summed E-state index contributed by atoms with van der Waals surface area (Å²) in [5.74, 6) is 1.21. The van der Waals surface area contributed by atoms with Crippen LogP contribution in [-0.4, -0.2) is 55.7 Å². The third-order valence-corrected chi connectivity index (χ3v) is 5.46. The van der Waals surface area contributed by atoms with E-state index < -0.39 is 0 Å². The molecular weight excluding hydrogens is 360 g/mol. The number of hydrogen-bond donors (Lipinski definition) is 0. The number of fused-ring (bicyclic) bond motifs is 1. The van der Waals surface area contributed by atoms with Crippen LogP contribution >= 0.6 is 0 Å². The molecule has 1 aliphatic rings. The van der Waals surface area contributed by atoms with Crippen molar-refractivity contribution in [3.05, 3.63) is 33.8 Å². The van der Waals surface area contributed by atoms with E-state index in [-0.39, 0.29) is 17.5 Å². The molecule has 3 heterocycles. The van der Waals surface area contributed by atoms with Crippen molar-refractivity contribution in [2.24, 2.45) is 13.0 Å². The van der Waals surface area contributed by atoms with Crippen LogP contribution in [0, 0.1) is 12.8 Å². The zero-order valence-electron chi connectivity index (χ0n) is 17.2. The lowest BCUT2D eigenvalue weighted by molar-refractivity contribution is -0.131. The fourth-order valence-electron chi connectivity index (χ4n) is 3.76. The summed E-state index contributed by atoms with van der Waals surface area (Å²) in [6, 6.07) is 0. The summed E-state index contributed by atoms with van der Waals surface area (Å²) < 4.78 is 10.0. The van der Waals surface area contributed by atoms with Crippen molar-refractivity contribution in [1.29, 1.82) is 0 Å². The minimum Gasteiger partial charge on any atom is -0.383 e. The van der Waals surface area contributed by atoms with Crippen molar-refractivity contribution in [2.75, 3.05) is 20.8 Å². The molecule has 0 bridgehead atoms. The van der Waals surface area contributed by atoms with E-state index >= 15 is 0 Å². The molecular formula is C19H30N6O3. The molecule has 1 amide bonds. The Kier molecular flexibility index (Phi) is 6.33. The van der Waals surface area contributed by atoms with E-state index in [0.29, 0.717) is 32.7 Å². The first-order valence-corrected chi connectivity index (χ1v) is 9.77. The predicted molar refractivity (Wildman–Crippen MR) is 104 cm³/mol. The SMILES string of the molecule is COCCn1nc2n(c1=O)CCC(CC(=O)N(C)Cc1cn(C)nc1C)CC2. The zero-order chi connectivity index (χ0) is 20.3. The number of carbonyl (C=O) groups is 1. The number of amides is 1. The van der Waals surface area contributed by atoms with Gasteiger partial charge >= 0.3 is 5.69 Å². The van der Waals surface area contributed by atoms with Gasteiger partial charge < -0.3 is 9.64 Å². The second kappa shape index (κ2) is 8.72. The van der Waals surface area contributed by atoms with Crippen molar-refractivity contribution in [3.63, 3.8) is 0 Å². The van der Waals surface area contributed by atoms with Crippen LogP contribution in [0.15, 0.2) is 11.0 Å². The van der Waals surface area contributed by atoms with E-state index in [4.69, 9.17) is 4.74 Å². The molecule has 1 aliphatic heterocycles. The molecule has 3 rings (SSSR count). The summed E-state index contributed by atoms with van der Waals surface area (Å²) in [4.78, 5) is 26.9. The largest absolute Gasteiger partial charge is 0.383 e. The second-order valence-corrected chi connectivity index (χ2v) is 7.63. The highest BCUT2D eigenvalue weighted by molar-refractivity contribution is 5.76. The quantitative estimate of drug-likeness (QED) is 0.696. The first-order chi connectivity index (χ1) is 13.4. The van der Waals surface area contributed by atoms with Gasteiger partial charge in [0.2, 0.25) is 5.91 Å². The van der Waals surface area contributed by atoms with E-state index in [1.54, 1.807) is 21.3 Å². The maximum absolute atomic E-state index is 12.7. The standard InChI is InChI=1S/C19H30N6O3/c1-14-16(13-23(3)20-14)12-22(2)18(26)11-15-5-6-17-21-25(9-10-28-4)19(27)24(17)8-7-15/h13,15H,5-12H2,1-4H3. The first-order valence-electron chi connectivity index (χ1n) is 9.77. The Labute approximate surface area is 164 Å². The van der Waals surface area contributed by atoms with Crippen LogP contribution in [-0.2, 0) is 42.6 Å². The monoisotopic (exact) mass is 390 g/mol. The zero-order valence-corrected chi connectivity index (χ0v) is 17.2. The van der Waals surface area contributed by atoms with Gasteiger partial charge in [0.25, 0.3) is 0 Å². The van der Waals surface area contributed by atoms with Gasteiger partial charge in [0.05, 0.1) is 18.8 Å². The lowest BCUT2D eigenvalue weighted by atomic mass is 9.96. The highest BCUT2D eigenvalue weighted by Crippen LogP contribution is 2.22. The van der Waals surface area contributed by atoms with Gasteiger partial charge in [-0.1, -0.05) is 0 Å². The average molecular weight is 390 g/mol. The maximum atomic E-state index is 12.7. The smallest absolute Gasteiger partial charge is 0.345 e. The lowest BCUT2D eigenvalue weighted by Crippen LogP contribution is -2.29. The average Bonchev–Trinajstić information content (AvgIpc) is 3.04. The van der Waals surface area contributed by atoms with Crippen LogP contribution in [0.25, 0.3) is 0 Å². The van der Waals surface area contributed by atoms with Gasteiger partial charge in [-0.15, -0.1) is 0 Å². The van der Waals surface area contributed by atoms with Gasteiger partial charge in [-0.25, -0.2) is 9.48 Å². The Hall–Kier alpha value is -2.42. The molecule has 154 valence electrons. The Morgan fingerprint density at radius 1 is 1.36 bits per heavy atom. The number of rotatable bonds is 7. The van der Waals surface area contributed by atoms with Gasteiger partial charge in [0, 0.05) is 58.9 Å². The number of nitrogens with zero attached hydrogens (tertiary/aromatic N) is 6. The Morgan fingerprint density at radius 2 is 2.14 bits per heavy atom. The van der Waals surface area contributed by atoms with E-state index in [9.17, 15) is 9.59 Å². The number of carbonyl (C=O) groups excluding carboxylic acids is 1. The van der Waals surface area contributed by atoms with Crippen LogP contribution < -0.4 is 5.69 Å².